The molecule has 4 nitrogen and oxygen atoms in total. The Morgan fingerprint density at radius 3 is 2.35 bits per heavy atom. The second-order valence-electron chi connectivity index (χ2n) is 4.40. The van der Waals surface area contributed by atoms with Crippen molar-refractivity contribution in [3.05, 3.63) is 29.3 Å². The molecule has 0 radical (unpaired) electrons. The Morgan fingerprint density at radius 1 is 1.35 bits per heavy atom. The molecule has 20 heavy (non-hydrogen) atoms. The molecule has 1 rings (SSSR count). The topological polar surface area (TPSA) is 47.6 Å². The molecule has 0 saturated carbocycles. The fourth-order valence-electron chi connectivity index (χ4n) is 1.42. The van der Waals surface area contributed by atoms with Gasteiger partial charge in [0.1, 0.15) is 11.8 Å². The van der Waals surface area contributed by atoms with Gasteiger partial charge >= 0.3 is 5.97 Å². The zero-order valence-electron chi connectivity index (χ0n) is 11.3. The molecule has 0 heterocycles. The zero-order chi connectivity index (χ0) is 15.3. The third-order valence-electron chi connectivity index (χ3n) is 2.45. The van der Waals surface area contributed by atoms with Gasteiger partial charge in [-0.1, -0.05) is 25.4 Å². The van der Waals surface area contributed by atoms with Gasteiger partial charge in [-0.15, -0.1) is 0 Å². The molecular formula is C12H16Cl2NO3PS. The normalized spacial score (nSPS) is 15.5. The molecular weight excluding hydrogens is 340 g/mol. The molecule has 0 amide bonds. The molecule has 1 N–H and O–H groups in total. The van der Waals surface area contributed by atoms with Gasteiger partial charge in [-0.2, -0.15) is 0 Å². The summed E-state index contributed by atoms with van der Waals surface area (Å²) in [4.78, 5) is 11.7. The molecule has 2 unspecified atom stereocenters. The van der Waals surface area contributed by atoms with Crippen LogP contribution in [0.4, 0.5) is 0 Å². The van der Waals surface area contributed by atoms with Gasteiger partial charge in [0.2, 0.25) is 0 Å². The van der Waals surface area contributed by atoms with Crippen LogP contribution in [-0.2, 0) is 21.3 Å². The van der Waals surface area contributed by atoms with Crippen LogP contribution in [0.5, 0.6) is 5.75 Å². The maximum Gasteiger partial charge on any atom is 0.323 e. The molecule has 112 valence electrons. The van der Waals surface area contributed by atoms with Crippen LogP contribution < -0.4 is 9.61 Å². The lowest BCUT2D eigenvalue weighted by molar-refractivity contribution is -0.143. The SMILES string of the molecule is COC(=O)C(NP(=S)(Cl)Oc1ccc(Cl)cc1)C(C)C. The standard InChI is InChI=1S/C12H16Cl2NO3PS/c1-8(2)11(12(16)17-3)15-19(14,20)18-10-6-4-9(13)5-7-10/h4-8,11H,1-3H3,(H,15,20). The lowest BCUT2D eigenvalue weighted by Crippen LogP contribution is -2.39. The number of carbonyl (C=O) groups is 1. The van der Waals surface area contributed by atoms with Gasteiger partial charge in [0.15, 0.2) is 0 Å². The largest absolute Gasteiger partial charge is 0.468 e. The summed E-state index contributed by atoms with van der Waals surface area (Å²) in [6, 6.07) is 6.05. The minimum absolute atomic E-state index is 0.0302. The van der Waals surface area contributed by atoms with E-state index in [0.717, 1.165) is 0 Å². The number of ether oxygens (including phenoxy) is 1. The zero-order valence-corrected chi connectivity index (χ0v) is 14.5. The van der Waals surface area contributed by atoms with Crippen LogP contribution in [-0.4, -0.2) is 19.1 Å². The fraction of sp³-hybridized carbons (Fsp3) is 0.417. The minimum Gasteiger partial charge on any atom is -0.468 e. The lowest BCUT2D eigenvalue weighted by Gasteiger charge is -2.25. The predicted octanol–water partition coefficient (Wildman–Crippen LogP) is 3.97. The number of benzene rings is 1. The van der Waals surface area contributed by atoms with E-state index >= 15 is 0 Å². The molecule has 0 aromatic heterocycles. The van der Waals surface area contributed by atoms with E-state index in [9.17, 15) is 4.79 Å². The van der Waals surface area contributed by atoms with E-state index in [2.05, 4.69) is 5.09 Å². The molecule has 0 fully saturated rings. The fourth-order valence-corrected chi connectivity index (χ4v) is 3.89. The average Bonchev–Trinajstić information content (AvgIpc) is 2.37. The first-order valence-electron chi connectivity index (χ1n) is 5.85. The van der Waals surface area contributed by atoms with Crippen LogP contribution in [0.2, 0.25) is 5.02 Å². The summed E-state index contributed by atoms with van der Waals surface area (Å²) in [5.74, 6) is -2.85. The van der Waals surface area contributed by atoms with Crippen molar-refractivity contribution in [3.8, 4) is 5.75 Å². The van der Waals surface area contributed by atoms with Crippen molar-refractivity contribution in [1.82, 2.24) is 5.09 Å². The van der Waals surface area contributed by atoms with Crippen LogP contribution in [0.15, 0.2) is 24.3 Å². The Balaban J connectivity index is 2.79. The van der Waals surface area contributed by atoms with Crippen molar-refractivity contribution in [1.29, 1.82) is 0 Å². The highest BCUT2D eigenvalue weighted by Crippen LogP contribution is 2.49. The summed E-state index contributed by atoms with van der Waals surface area (Å²) in [5.41, 5.74) is 0. The van der Waals surface area contributed by atoms with Gasteiger partial charge in [0.25, 0.3) is 5.77 Å². The van der Waals surface area contributed by atoms with Crippen molar-refractivity contribution in [3.63, 3.8) is 0 Å². The molecule has 0 saturated heterocycles. The number of esters is 1. The molecule has 0 aliphatic rings. The number of halogens is 2. The summed E-state index contributed by atoms with van der Waals surface area (Å²) >= 11 is 17.2. The summed E-state index contributed by atoms with van der Waals surface area (Å²) < 4.78 is 10.3. The van der Waals surface area contributed by atoms with E-state index in [1.807, 2.05) is 13.8 Å². The van der Waals surface area contributed by atoms with Crippen molar-refractivity contribution in [2.75, 3.05) is 7.11 Å². The average molecular weight is 356 g/mol. The molecule has 0 aliphatic heterocycles. The molecule has 1 aromatic carbocycles. The number of hydrogen-bond donors (Lipinski definition) is 1. The third-order valence-corrected chi connectivity index (χ3v) is 4.78. The molecule has 8 heteroatoms. The van der Waals surface area contributed by atoms with Crippen molar-refractivity contribution < 1.29 is 14.1 Å². The van der Waals surface area contributed by atoms with Crippen LogP contribution in [0.3, 0.4) is 0 Å². The number of hydrogen-bond acceptors (Lipinski definition) is 4. The number of methoxy groups -OCH3 is 1. The Morgan fingerprint density at radius 2 is 1.90 bits per heavy atom. The van der Waals surface area contributed by atoms with Gasteiger partial charge in [0.05, 0.1) is 7.11 Å². The smallest absolute Gasteiger partial charge is 0.323 e. The lowest BCUT2D eigenvalue weighted by atomic mass is 10.1. The maximum atomic E-state index is 11.7. The van der Waals surface area contributed by atoms with Crippen LogP contribution in [0.25, 0.3) is 0 Å². The highest BCUT2D eigenvalue weighted by molar-refractivity contribution is 8.23. The van der Waals surface area contributed by atoms with E-state index in [1.165, 1.54) is 7.11 Å². The van der Waals surface area contributed by atoms with Gasteiger partial charge < -0.3 is 9.26 Å². The molecule has 1 aromatic rings. The van der Waals surface area contributed by atoms with Crippen molar-refractivity contribution in [2.45, 2.75) is 19.9 Å². The second-order valence-corrected chi connectivity index (χ2v) is 9.81. The van der Waals surface area contributed by atoms with Crippen LogP contribution in [0, 0.1) is 5.92 Å². The molecule has 0 spiro atoms. The summed E-state index contributed by atoms with van der Waals surface area (Å²) in [7, 11) is 1.32. The Labute approximate surface area is 133 Å². The highest BCUT2D eigenvalue weighted by atomic mass is 35.7. The van der Waals surface area contributed by atoms with E-state index in [0.29, 0.717) is 10.8 Å². The third kappa shape index (κ3) is 5.58. The van der Waals surface area contributed by atoms with E-state index in [1.54, 1.807) is 24.3 Å². The highest BCUT2D eigenvalue weighted by Gasteiger charge is 2.29. The molecule has 0 bridgehead atoms. The van der Waals surface area contributed by atoms with Gasteiger partial charge in [-0.25, -0.2) is 5.09 Å². The predicted molar refractivity (Wildman–Crippen MR) is 86.0 cm³/mol. The molecule has 2 atom stereocenters. The second kappa shape index (κ2) is 7.62. The Hall–Kier alpha value is -0.320. The Kier molecular flexibility index (Phi) is 6.76. The summed E-state index contributed by atoms with van der Waals surface area (Å²) in [5, 5.41) is 3.45. The van der Waals surface area contributed by atoms with E-state index in [4.69, 9.17) is 43.9 Å². The van der Waals surface area contributed by atoms with Gasteiger partial charge in [-0.05, 0) is 53.2 Å². The van der Waals surface area contributed by atoms with E-state index in [-0.39, 0.29) is 5.92 Å². The maximum absolute atomic E-state index is 11.7. The first-order valence-corrected chi connectivity index (χ1v) is 9.86. The van der Waals surface area contributed by atoms with Crippen molar-refractivity contribution >= 4 is 46.4 Å². The molecule has 0 aliphatic carbocycles. The van der Waals surface area contributed by atoms with Gasteiger partial charge in [-0.3, -0.25) is 4.79 Å². The monoisotopic (exact) mass is 355 g/mol. The van der Waals surface area contributed by atoms with Gasteiger partial charge in [0, 0.05) is 5.02 Å². The first kappa shape index (κ1) is 17.7. The first-order chi connectivity index (χ1) is 9.25. The van der Waals surface area contributed by atoms with Crippen LogP contribution >= 0.6 is 28.6 Å². The summed E-state index contributed by atoms with van der Waals surface area (Å²) in [6.45, 7) is 3.73. The summed E-state index contributed by atoms with van der Waals surface area (Å²) in [6.07, 6.45) is 0. The van der Waals surface area contributed by atoms with Crippen molar-refractivity contribution in [2.24, 2.45) is 5.92 Å². The van der Waals surface area contributed by atoms with Crippen LogP contribution in [0.1, 0.15) is 13.8 Å². The van der Waals surface area contributed by atoms with E-state index < -0.39 is 17.8 Å². The minimum atomic E-state index is -2.89. The number of rotatable bonds is 6. The Bertz CT molecular complexity index is 510. The number of nitrogens with one attached hydrogen (secondary N) is 1. The quantitative estimate of drug-likeness (QED) is 0.617. The number of carbonyl (C=O) groups excluding carboxylic acids is 1.